The summed E-state index contributed by atoms with van der Waals surface area (Å²) in [5, 5.41) is 3.67. The van der Waals surface area contributed by atoms with Gasteiger partial charge < -0.3 is 10.1 Å². The minimum atomic E-state index is -3.71. The fourth-order valence-corrected chi connectivity index (χ4v) is 4.37. The third-order valence-corrected chi connectivity index (χ3v) is 5.91. The second-order valence-electron chi connectivity index (χ2n) is 7.81. The fourth-order valence-electron chi connectivity index (χ4n) is 3.10. The molecule has 0 saturated carbocycles. The molecule has 0 unspecified atom stereocenters. The summed E-state index contributed by atoms with van der Waals surface area (Å²) in [6.07, 6.45) is 2.20. The Morgan fingerprint density at radius 3 is 2.54 bits per heavy atom. The standard InChI is InChI=1S/C19H26N4O4S/c1-19(2,3)27-18(24)21-15-9-12-23(13-10-15)28(25,26)22-16-8-4-6-14-7-5-11-20-17(14)16/h4-8,11,15,22H,9-10,12-13H2,1-3H3,(H,21,24). The second kappa shape index (κ2) is 7.92. The number of nitrogens with zero attached hydrogens (tertiary/aromatic N) is 2. The minimum Gasteiger partial charge on any atom is -0.444 e. The second-order valence-corrected chi connectivity index (χ2v) is 9.48. The van der Waals surface area contributed by atoms with Gasteiger partial charge in [0.1, 0.15) is 5.60 Å². The van der Waals surface area contributed by atoms with Gasteiger partial charge in [0.15, 0.2) is 0 Å². The molecular formula is C19H26N4O4S. The molecule has 2 N–H and O–H groups in total. The number of ether oxygens (including phenoxy) is 1. The van der Waals surface area contributed by atoms with Gasteiger partial charge in [0.25, 0.3) is 0 Å². The van der Waals surface area contributed by atoms with E-state index in [0.29, 0.717) is 37.1 Å². The molecule has 2 heterocycles. The molecule has 8 nitrogen and oxygen atoms in total. The molecule has 1 aromatic carbocycles. The van der Waals surface area contributed by atoms with Crippen LogP contribution in [-0.4, -0.2) is 48.5 Å². The van der Waals surface area contributed by atoms with Crippen molar-refractivity contribution in [1.82, 2.24) is 14.6 Å². The first kappa shape index (κ1) is 20.3. The zero-order valence-corrected chi connectivity index (χ0v) is 17.1. The molecule has 1 aromatic heterocycles. The summed E-state index contributed by atoms with van der Waals surface area (Å²) in [6, 6.07) is 8.95. The average molecular weight is 407 g/mol. The number of nitrogens with one attached hydrogen (secondary N) is 2. The van der Waals surface area contributed by atoms with Gasteiger partial charge in [-0.25, -0.2) is 4.79 Å². The summed E-state index contributed by atoms with van der Waals surface area (Å²) in [4.78, 5) is 16.2. The highest BCUT2D eigenvalue weighted by Crippen LogP contribution is 2.23. The van der Waals surface area contributed by atoms with E-state index in [9.17, 15) is 13.2 Å². The summed E-state index contributed by atoms with van der Waals surface area (Å²) < 4.78 is 34.9. The van der Waals surface area contributed by atoms with Crippen molar-refractivity contribution in [2.24, 2.45) is 0 Å². The van der Waals surface area contributed by atoms with Crippen LogP contribution >= 0.6 is 0 Å². The number of amides is 1. The lowest BCUT2D eigenvalue weighted by Gasteiger charge is -2.32. The lowest BCUT2D eigenvalue weighted by molar-refractivity contribution is 0.0489. The molecule has 3 rings (SSSR count). The first-order valence-corrected chi connectivity index (χ1v) is 10.7. The number of hydrogen-bond donors (Lipinski definition) is 2. The van der Waals surface area contributed by atoms with Gasteiger partial charge in [0, 0.05) is 30.7 Å². The Labute approximate surface area is 165 Å². The molecule has 0 aliphatic carbocycles. The quantitative estimate of drug-likeness (QED) is 0.813. The molecule has 1 saturated heterocycles. The summed E-state index contributed by atoms with van der Waals surface area (Å²) in [7, 11) is -3.71. The van der Waals surface area contributed by atoms with E-state index >= 15 is 0 Å². The van der Waals surface area contributed by atoms with Crippen LogP contribution < -0.4 is 10.0 Å². The highest BCUT2D eigenvalue weighted by atomic mass is 32.2. The van der Waals surface area contributed by atoms with E-state index in [-0.39, 0.29) is 6.04 Å². The van der Waals surface area contributed by atoms with E-state index in [1.165, 1.54) is 4.31 Å². The smallest absolute Gasteiger partial charge is 0.407 e. The Morgan fingerprint density at radius 2 is 1.86 bits per heavy atom. The predicted molar refractivity (Wildman–Crippen MR) is 108 cm³/mol. The molecule has 1 fully saturated rings. The number of carbonyl (C=O) groups excluding carboxylic acids is 1. The topological polar surface area (TPSA) is 101 Å². The number of piperidine rings is 1. The van der Waals surface area contributed by atoms with Crippen LogP contribution in [0.1, 0.15) is 33.6 Å². The lowest BCUT2D eigenvalue weighted by Crippen LogP contribution is -2.48. The van der Waals surface area contributed by atoms with Gasteiger partial charge >= 0.3 is 16.3 Å². The number of hydrogen-bond acceptors (Lipinski definition) is 5. The van der Waals surface area contributed by atoms with E-state index in [4.69, 9.17) is 4.74 Å². The van der Waals surface area contributed by atoms with Gasteiger partial charge in [0.05, 0.1) is 11.2 Å². The van der Waals surface area contributed by atoms with Crippen molar-refractivity contribution >= 4 is 32.9 Å². The first-order valence-electron chi connectivity index (χ1n) is 9.25. The third kappa shape index (κ3) is 5.11. The molecule has 0 spiro atoms. The van der Waals surface area contributed by atoms with Crippen molar-refractivity contribution in [1.29, 1.82) is 0 Å². The van der Waals surface area contributed by atoms with Crippen LogP contribution in [0.5, 0.6) is 0 Å². The van der Waals surface area contributed by atoms with Gasteiger partial charge in [-0.2, -0.15) is 12.7 Å². The molecule has 0 radical (unpaired) electrons. The van der Waals surface area contributed by atoms with Gasteiger partial charge in [-0.1, -0.05) is 18.2 Å². The molecule has 0 bridgehead atoms. The van der Waals surface area contributed by atoms with Gasteiger partial charge in [-0.15, -0.1) is 0 Å². The van der Waals surface area contributed by atoms with Crippen LogP contribution in [0.2, 0.25) is 0 Å². The molecule has 1 aliphatic heterocycles. The number of alkyl carbamates (subject to hydrolysis) is 1. The van der Waals surface area contributed by atoms with E-state index < -0.39 is 21.9 Å². The summed E-state index contributed by atoms with van der Waals surface area (Å²) >= 11 is 0. The van der Waals surface area contributed by atoms with Gasteiger partial charge in [-0.3, -0.25) is 9.71 Å². The maximum absolute atomic E-state index is 12.8. The number of anilines is 1. The van der Waals surface area contributed by atoms with Crippen LogP contribution in [0.25, 0.3) is 10.9 Å². The van der Waals surface area contributed by atoms with E-state index in [0.717, 1.165) is 5.39 Å². The van der Waals surface area contributed by atoms with E-state index in [1.807, 2.05) is 18.2 Å². The molecule has 0 atom stereocenters. The number of pyridine rings is 1. The van der Waals surface area contributed by atoms with Gasteiger partial charge in [0.2, 0.25) is 0 Å². The van der Waals surface area contributed by atoms with Crippen LogP contribution in [0.3, 0.4) is 0 Å². The Balaban J connectivity index is 1.61. The minimum absolute atomic E-state index is 0.111. The van der Waals surface area contributed by atoms with Crippen LogP contribution in [0.4, 0.5) is 10.5 Å². The zero-order valence-electron chi connectivity index (χ0n) is 16.3. The van der Waals surface area contributed by atoms with Crippen molar-refractivity contribution < 1.29 is 17.9 Å². The van der Waals surface area contributed by atoms with Crippen LogP contribution in [-0.2, 0) is 14.9 Å². The molecule has 2 aromatic rings. The monoisotopic (exact) mass is 406 g/mol. The maximum atomic E-state index is 12.8. The Bertz CT molecular complexity index is 943. The van der Waals surface area contributed by atoms with Crippen molar-refractivity contribution in [3.63, 3.8) is 0 Å². The molecule has 152 valence electrons. The molecule has 9 heteroatoms. The number of para-hydroxylation sites is 1. The fraction of sp³-hybridized carbons (Fsp3) is 0.474. The Morgan fingerprint density at radius 1 is 1.18 bits per heavy atom. The van der Waals surface area contributed by atoms with Crippen LogP contribution in [0.15, 0.2) is 36.5 Å². The SMILES string of the molecule is CC(C)(C)OC(=O)NC1CCN(S(=O)(=O)Nc2cccc3cccnc23)CC1. The van der Waals surface area contributed by atoms with Crippen molar-refractivity contribution in [3.8, 4) is 0 Å². The zero-order chi connectivity index (χ0) is 20.4. The van der Waals surface area contributed by atoms with E-state index in [2.05, 4.69) is 15.0 Å². The van der Waals surface area contributed by atoms with Crippen molar-refractivity contribution in [2.75, 3.05) is 17.8 Å². The normalized spacial score (nSPS) is 16.7. The molecule has 1 amide bonds. The van der Waals surface area contributed by atoms with Crippen LogP contribution in [0, 0.1) is 0 Å². The number of carbonyl (C=O) groups is 1. The van der Waals surface area contributed by atoms with Gasteiger partial charge in [-0.05, 0) is 45.7 Å². The number of fused-ring (bicyclic) bond motifs is 1. The molecule has 1 aliphatic rings. The van der Waals surface area contributed by atoms with Crippen molar-refractivity contribution in [3.05, 3.63) is 36.5 Å². The summed E-state index contributed by atoms with van der Waals surface area (Å²) in [5.74, 6) is 0. The number of benzene rings is 1. The number of rotatable bonds is 4. The lowest BCUT2D eigenvalue weighted by atomic mass is 10.1. The summed E-state index contributed by atoms with van der Waals surface area (Å²) in [6.45, 7) is 6.03. The summed E-state index contributed by atoms with van der Waals surface area (Å²) in [5.41, 5.74) is 0.493. The highest BCUT2D eigenvalue weighted by molar-refractivity contribution is 7.90. The van der Waals surface area contributed by atoms with Crippen molar-refractivity contribution in [2.45, 2.75) is 45.3 Å². The maximum Gasteiger partial charge on any atom is 0.407 e. The number of aromatic nitrogens is 1. The third-order valence-electron chi connectivity index (χ3n) is 4.39. The highest BCUT2D eigenvalue weighted by Gasteiger charge is 2.30. The first-order chi connectivity index (χ1) is 13.1. The Kier molecular flexibility index (Phi) is 5.76. The largest absolute Gasteiger partial charge is 0.444 e. The average Bonchev–Trinajstić information content (AvgIpc) is 2.60. The molecule has 28 heavy (non-hydrogen) atoms. The Hall–Kier alpha value is -2.39. The van der Waals surface area contributed by atoms with E-state index in [1.54, 1.807) is 39.1 Å². The molecular weight excluding hydrogens is 380 g/mol. The predicted octanol–water partition coefficient (Wildman–Crippen LogP) is 2.88.